The summed E-state index contributed by atoms with van der Waals surface area (Å²) in [6.07, 6.45) is 0.496. The molecule has 1 amide bonds. The van der Waals surface area contributed by atoms with Crippen molar-refractivity contribution in [3.05, 3.63) is 54.6 Å². The molecule has 17 heavy (non-hydrogen) atoms. The van der Waals surface area contributed by atoms with Gasteiger partial charge >= 0.3 is 0 Å². The molecule has 0 saturated carbocycles. The first-order chi connectivity index (χ1) is 8.29. The summed E-state index contributed by atoms with van der Waals surface area (Å²) in [5.41, 5.74) is 3.11. The number of rotatable bonds is 3. The van der Waals surface area contributed by atoms with E-state index in [1.54, 1.807) is 0 Å². The number of carbonyl (C=O) groups excluding carboxylic acids is 1. The van der Waals surface area contributed by atoms with E-state index >= 15 is 0 Å². The second kappa shape index (κ2) is 5.30. The highest BCUT2D eigenvalue weighted by Crippen LogP contribution is 2.22. The summed E-state index contributed by atoms with van der Waals surface area (Å²) in [4.78, 5) is 11.3. The number of anilines is 1. The van der Waals surface area contributed by atoms with Crippen molar-refractivity contribution in [3.63, 3.8) is 0 Å². The highest BCUT2D eigenvalue weighted by Gasteiger charge is 2.01. The lowest BCUT2D eigenvalue weighted by atomic mass is 10.1. The van der Waals surface area contributed by atoms with Crippen molar-refractivity contribution in [3.8, 4) is 11.1 Å². The van der Waals surface area contributed by atoms with Gasteiger partial charge in [0.25, 0.3) is 0 Å². The monoisotopic (exact) mass is 225 g/mol. The van der Waals surface area contributed by atoms with Gasteiger partial charge in [-0.3, -0.25) is 4.79 Å². The summed E-state index contributed by atoms with van der Waals surface area (Å²) in [5, 5.41) is 2.86. The average Bonchev–Trinajstić information content (AvgIpc) is 2.40. The molecular formula is C15H15NO. The van der Waals surface area contributed by atoms with E-state index in [1.807, 2.05) is 49.4 Å². The minimum atomic E-state index is 0.0372. The zero-order chi connectivity index (χ0) is 12.1. The standard InChI is InChI=1S/C15H15NO/c1-2-15(17)16-14-10-6-9-13(11-14)12-7-4-3-5-8-12/h3-11H,2H2,1H3,(H,16,17). The van der Waals surface area contributed by atoms with Crippen molar-refractivity contribution in [1.29, 1.82) is 0 Å². The van der Waals surface area contributed by atoms with Crippen LogP contribution in [0.4, 0.5) is 5.69 Å². The Bertz CT molecular complexity index is 505. The van der Waals surface area contributed by atoms with Gasteiger partial charge < -0.3 is 5.32 Å². The quantitative estimate of drug-likeness (QED) is 0.847. The Kier molecular flexibility index (Phi) is 3.55. The fraction of sp³-hybridized carbons (Fsp3) is 0.133. The van der Waals surface area contributed by atoms with Crippen molar-refractivity contribution in [2.75, 3.05) is 5.32 Å². The molecule has 0 unspecified atom stereocenters. The van der Waals surface area contributed by atoms with Crippen LogP contribution in [0.25, 0.3) is 11.1 Å². The lowest BCUT2D eigenvalue weighted by Gasteiger charge is -2.06. The molecule has 2 aromatic rings. The number of carbonyl (C=O) groups is 1. The highest BCUT2D eigenvalue weighted by atomic mass is 16.1. The van der Waals surface area contributed by atoms with Crippen LogP contribution in [0.3, 0.4) is 0 Å². The fourth-order valence-electron chi connectivity index (χ4n) is 1.66. The smallest absolute Gasteiger partial charge is 0.224 e. The third-order valence-electron chi connectivity index (χ3n) is 2.57. The van der Waals surface area contributed by atoms with E-state index in [2.05, 4.69) is 17.4 Å². The Morgan fingerprint density at radius 1 is 1.00 bits per heavy atom. The van der Waals surface area contributed by atoms with Crippen LogP contribution in [0.15, 0.2) is 54.6 Å². The average molecular weight is 225 g/mol. The molecule has 2 nitrogen and oxygen atoms in total. The molecule has 0 fully saturated rings. The molecule has 0 aliphatic rings. The van der Waals surface area contributed by atoms with Crippen LogP contribution in [0.1, 0.15) is 13.3 Å². The fourth-order valence-corrected chi connectivity index (χ4v) is 1.66. The number of amides is 1. The molecule has 2 heteroatoms. The van der Waals surface area contributed by atoms with Crippen molar-refractivity contribution in [1.82, 2.24) is 0 Å². The molecule has 86 valence electrons. The summed E-state index contributed by atoms with van der Waals surface area (Å²) in [5.74, 6) is 0.0372. The third kappa shape index (κ3) is 2.94. The zero-order valence-electron chi connectivity index (χ0n) is 9.81. The highest BCUT2D eigenvalue weighted by molar-refractivity contribution is 5.91. The predicted octanol–water partition coefficient (Wildman–Crippen LogP) is 3.70. The van der Waals surface area contributed by atoms with E-state index in [0.717, 1.165) is 16.8 Å². The summed E-state index contributed by atoms with van der Waals surface area (Å²) < 4.78 is 0. The van der Waals surface area contributed by atoms with E-state index in [4.69, 9.17) is 0 Å². The maximum absolute atomic E-state index is 11.3. The van der Waals surface area contributed by atoms with Gasteiger partial charge in [-0.1, -0.05) is 49.4 Å². The molecular weight excluding hydrogens is 210 g/mol. The topological polar surface area (TPSA) is 29.1 Å². The Balaban J connectivity index is 2.26. The Hall–Kier alpha value is -2.09. The van der Waals surface area contributed by atoms with E-state index in [9.17, 15) is 4.79 Å². The van der Waals surface area contributed by atoms with Gasteiger partial charge in [-0.15, -0.1) is 0 Å². The molecule has 0 spiro atoms. The minimum Gasteiger partial charge on any atom is -0.326 e. The molecule has 0 aliphatic carbocycles. The minimum absolute atomic E-state index is 0.0372. The van der Waals surface area contributed by atoms with Gasteiger partial charge in [-0.05, 0) is 23.3 Å². The van der Waals surface area contributed by atoms with Crippen LogP contribution in [0.5, 0.6) is 0 Å². The lowest BCUT2D eigenvalue weighted by molar-refractivity contribution is -0.115. The molecule has 0 atom stereocenters. The van der Waals surface area contributed by atoms with E-state index in [-0.39, 0.29) is 5.91 Å². The molecule has 2 aromatic carbocycles. The summed E-state index contributed by atoms with van der Waals surface area (Å²) >= 11 is 0. The molecule has 1 N–H and O–H groups in total. The van der Waals surface area contributed by atoms with Gasteiger partial charge in [-0.2, -0.15) is 0 Å². The van der Waals surface area contributed by atoms with Gasteiger partial charge in [0, 0.05) is 12.1 Å². The first-order valence-corrected chi connectivity index (χ1v) is 5.75. The largest absolute Gasteiger partial charge is 0.326 e. The first-order valence-electron chi connectivity index (χ1n) is 5.75. The predicted molar refractivity (Wildman–Crippen MR) is 70.8 cm³/mol. The molecule has 0 bridgehead atoms. The van der Waals surface area contributed by atoms with Crippen molar-refractivity contribution < 1.29 is 4.79 Å². The molecule has 0 aliphatic heterocycles. The second-order valence-corrected chi connectivity index (χ2v) is 3.85. The molecule has 0 radical (unpaired) electrons. The number of hydrogen-bond acceptors (Lipinski definition) is 1. The normalized spacial score (nSPS) is 9.94. The Morgan fingerprint density at radius 3 is 2.41 bits per heavy atom. The summed E-state index contributed by atoms with van der Waals surface area (Å²) in [7, 11) is 0. The lowest BCUT2D eigenvalue weighted by Crippen LogP contribution is -2.09. The zero-order valence-corrected chi connectivity index (χ0v) is 9.81. The van der Waals surface area contributed by atoms with Gasteiger partial charge in [0.15, 0.2) is 0 Å². The SMILES string of the molecule is CCC(=O)Nc1cccc(-c2ccccc2)c1. The second-order valence-electron chi connectivity index (χ2n) is 3.85. The maximum Gasteiger partial charge on any atom is 0.224 e. The van der Waals surface area contributed by atoms with Gasteiger partial charge in [0.1, 0.15) is 0 Å². The van der Waals surface area contributed by atoms with Crippen molar-refractivity contribution in [2.24, 2.45) is 0 Å². The number of benzene rings is 2. The van der Waals surface area contributed by atoms with E-state index in [0.29, 0.717) is 6.42 Å². The van der Waals surface area contributed by atoms with Gasteiger partial charge in [0.2, 0.25) is 5.91 Å². The molecule has 0 heterocycles. The number of nitrogens with one attached hydrogen (secondary N) is 1. The maximum atomic E-state index is 11.3. The van der Waals surface area contributed by atoms with Crippen molar-refractivity contribution in [2.45, 2.75) is 13.3 Å². The van der Waals surface area contributed by atoms with Crippen LogP contribution in [-0.4, -0.2) is 5.91 Å². The van der Waals surface area contributed by atoms with Gasteiger partial charge in [0.05, 0.1) is 0 Å². The molecule has 2 rings (SSSR count). The van der Waals surface area contributed by atoms with E-state index < -0.39 is 0 Å². The van der Waals surface area contributed by atoms with Crippen LogP contribution < -0.4 is 5.32 Å². The Labute approximate surface area is 101 Å². The van der Waals surface area contributed by atoms with Crippen LogP contribution in [0.2, 0.25) is 0 Å². The van der Waals surface area contributed by atoms with Crippen molar-refractivity contribution >= 4 is 11.6 Å². The first kappa shape index (κ1) is 11.4. The summed E-state index contributed by atoms with van der Waals surface area (Å²) in [6, 6.07) is 18.0. The number of hydrogen-bond donors (Lipinski definition) is 1. The van der Waals surface area contributed by atoms with Gasteiger partial charge in [-0.25, -0.2) is 0 Å². The Morgan fingerprint density at radius 2 is 1.71 bits per heavy atom. The third-order valence-corrected chi connectivity index (χ3v) is 2.57. The van der Waals surface area contributed by atoms with Crippen LogP contribution in [-0.2, 0) is 4.79 Å². The van der Waals surface area contributed by atoms with E-state index in [1.165, 1.54) is 0 Å². The molecule has 0 saturated heterocycles. The summed E-state index contributed by atoms with van der Waals surface area (Å²) in [6.45, 7) is 1.84. The van der Waals surface area contributed by atoms with Crippen LogP contribution in [0, 0.1) is 0 Å². The van der Waals surface area contributed by atoms with Crippen LogP contribution >= 0.6 is 0 Å². The molecule has 0 aromatic heterocycles.